The molecule has 3 nitrogen and oxygen atoms in total. The van der Waals surface area contributed by atoms with Crippen molar-refractivity contribution in [2.24, 2.45) is 0 Å². The minimum atomic E-state index is -0.358. The van der Waals surface area contributed by atoms with E-state index >= 15 is 0 Å². The van der Waals surface area contributed by atoms with E-state index < -0.39 is 0 Å². The summed E-state index contributed by atoms with van der Waals surface area (Å²) in [5, 5.41) is 5.33. The van der Waals surface area contributed by atoms with Gasteiger partial charge in [0.2, 0.25) is 0 Å². The number of halogens is 1. The van der Waals surface area contributed by atoms with Crippen LogP contribution in [0.15, 0.2) is 53.4 Å². The minimum Gasteiger partial charge on any atom is -0.308 e. The molecule has 0 aliphatic carbocycles. The first kappa shape index (κ1) is 13.4. The minimum absolute atomic E-state index is 0.335. The van der Waals surface area contributed by atoms with Gasteiger partial charge in [0.05, 0.1) is 0 Å². The SMILES string of the molecule is CSc1ccc(NC(=O)Nc2ccc(F)cc2)cc1. The molecule has 2 amide bonds. The van der Waals surface area contributed by atoms with E-state index in [4.69, 9.17) is 0 Å². The van der Waals surface area contributed by atoms with Crippen LogP contribution < -0.4 is 10.6 Å². The Hall–Kier alpha value is -2.01. The Morgan fingerprint density at radius 1 is 0.947 bits per heavy atom. The van der Waals surface area contributed by atoms with E-state index in [-0.39, 0.29) is 11.8 Å². The summed E-state index contributed by atoms with van der Waals surface area (Å²) in [6, 6.07) is 12.8. The Morgan fingerprint density at radius 2 is 1.42 bits per heavy atom. The molecular formula is C14H13FN2OS. The van der Waals surface area contributed by atoms with Crippen molar-refractivity contribution in [3.63, 3.8) is 0 Å². The Labute approximate surface area is 115 Å². The number of carbonyl (C=O) groups excluding carboxylic acids is 1. The molecular weight excluding hydrogens is 263 g/mol. The maximum Gasteiger partial charge on any atom is 0.323 e. The fourth-order valence-electron chi connectivity index (χ4n) is 1.50. The second-order valence-electron chi connectivity index (χ2n) is 3.81. The number of anilines is 2. The Morgan fingerprint density at radius 3 is 1.89 bits per heavy atom. The van der Waals surface area contributed by atoms with E-state index in [1.54, 1.807) is 11.8 Å². The van der Waals surface area contributed by atoms with E-state index in [2.05, 4.69) is 10.6 Å². The zero-order chi connectivity index (χ0) is 13.7. The second-order valence-corrected chi connectivity index (χ2v) is 4.69. The van der Waals surface area contributed by atoms with Crippen LogP contribution in [-0.4, -0.2) is 12.3 Å². The van der Waals surface area contributed by atoms with Gasteiger partial charge in [-0.25, -0.2) is 9.18 Å². The zero-order valence-corrected chi connectivity index (χ0v) is 11.1. The highest BCUT2D eigenvalue weighted by atomic mass is 32.2. The lowest BCUT2D eigenvalue weighted by Crippen LogP contribution is -2.19. The summed E-state index contributed by atoms with van der Waals surface area (Å²) in [5.41, 5.74) is 1.25. The second kappa shape index (κ2) is 6.24. The van der Waals surface area contributed by atoms with Crippen molar-refractivity contribution in [3.8, 4) is 0 Å². The predicted octanol–water partition coefficient (Wildman–Crippen LogP) is 4.19. The number of hydrogen-bond donors (Lipinski definition) is 2. The lowest BCUT2D eigenvalue weighted by molar-refractivity contribution is 0.262. The van der Waals surface area contributed by atoms with Crippen LogP contribution in [-0.2, 0) is 0 Å². The van der Waals surface area contributed by atoms with Gasteiger partial charge in [0, 0.05) is 16.3 Å². The smallest absolute Gasteiger partial charge is 0.308 e. The van der Waals surface area contributed by atoms with Gasteiger partial charge in [-0.1, -0.05) is 0 Å². The van der Waals surface area contributed by atoms with Crippen LogP contribution in [0.5, 0.6) is 0 Å². The van der Waals surface area contributed by atoms with Crippen LogP contribution in [0.4, 0.5) is 20.6 Å². The topological polar surface area (TPSA) is 41.1 Å². The molecule has 5 heteroatoms. The van der Waals surface area contributed by atoms with Crippen molar-refractivity contribution in [3.05, 3.63) is 54.3 Å². The van der Waals surface area contributed by atoms with Crippen molar-refractivity contribution < 1.29 is 9.18 Å². The average Bonchev–Trinajstić information content (AvgIpc) is 2.42. The number of urea groups is 1. The molecule has 2 rings (SSSR count). The van der Waals surface area contributed by atoms with Crippen molar-refractivity contribution in [1.82, 2.24) is 0 Å². The van der Waals surface area contributed by atoms with Gasteiger partial charge in [-0.3, -0.25) is 0 Å². The molecule has 0 aliphatic rings. The van der Waals surface area contributed by atoms with Gasteiger partial charge < -0.3 is 10.6 Å². The maximum absolute atomic E-state index is 12.7. The Bertz CT molecular complexity index is 555. The summed E-state index contributed by atoms with van der Waals surface area (Å²) < 4.78 is 12.7. The molecule has 0 heterocycles. The summed E-state index contributed by atoms with van der Waals surface area (Å²) in [4.78, 5) is 12.8. The molecule has 0 bridgehead atoms. The van der Waals surface area contributed by atoms with Crippen LogP contribution in [0.1, 0.15) is 0 Å². The maximum atomic E-state index is 12.7. The van der Waals surface area contributed by atoms with Crippen LogP contribution in [0, 0.1) is 5.82 Å². The van der Waals surface area contributed by atoms with Gasteiger partial charge in [0.25, 0.3) is 0 Å². The van der Waals surface area contributed by atoms with E-state index in [0.717, 1.165) is 4.90 Å². The molecule has 2 aromatic rings. The number of amides is 2. The van der Waals surface area contributed by atoms with E-state index in [1.807, 2.05) is 30.5 Å². The van der Waals surface area contributed by atoms with Crippen molar-refractivity contribution in [2.45, 2.75) is 4.90 Å². The third kappa shape index (κ3) is 3.99. The van der Waals surface area contributed by atoms with Gasteiger partial charge in [-0.15, -0.1) is 11.8 Å². The van der Waals surface area contributed by atoms with Gasteiger partial charge in [-0.2, -0.15) is 0 Å². The summed E-state index contributed by atoms with van der Waals surface area (Å²) in [6.07, 6.45) is 1.99. The Kier molecular flexibility index (Phi) is 4.41. The third-order valence-corrected chi connectivity index (χ3v) is 3.19. The molecule has 98 valence electrons. The monoisotopic (exact) mass is 276 g/mol. The number of benzene rings is 2. The number of hydrogen-bond acceptors (Lipinski definition) is 2. The van der Waals surface area contributed by atoms with Gasteiger partial charge in [0.1, 0.15) is 5.82 Å². The molecule has 0 unspecified atom stereocenters. The fourth-order valence-corrected chi connectivity index (χ4v) is 1.91. The molecule has 2 aromatic carbocycles. The van der Waals surface area contributed by atoms with E-state index in [1.165, 1.54) is 24.3 Å². The molecule has 0 saturated heterocycles. The summed E-state index contributed by atoms with van der Waals surface area (Å²) >= 11 is 1.64. The molecule has 0 aromatic heterocycles. The molecule has 0 fully saturated rings. The molecule has 19 heavy (non-hydrogen) atoms. The highest BCUT2D eigenvalue weighted by molar-refractivity contribution is 7.98. The molecule has 0 radical (unpaired) electrons. The number of rotatable bonds is 3. The number of nitrogens with one attached hydrogen (secondary N) is 2. The van der Waals surface area contributed by atoms with E-state index in [9.17, 15) is 9.18 Å². The zero-order valence-electron chi connectivity index (χ0n) is 10.3. The highest BCUT2D eigenvalue weighted by Crippen LogP contribution is 2.17. The highest BCUT2D eigenvalue weighted by Gasteiger charge is 2.02. The molecule has 0 saturated carbocycles. The standard InChI is InChI=1S/C14H13FN2OS/c1-19-13-8-6-12(7-9-13)17-14(18)16-11-4-2-10(15)3-5-11/h2-9H,1H3,(H2,16,17,18). The van der Waals surface area contributed by atoms with Crippen molar-refractivity contribution >= 4 is 29.2 Å². The van der Waals surface area contributed by atoms with Gasteiger partial charge in [-0.05, 0) is 54.8 Å². The third-order valence-electron chi connectivity index (χ3n) is 2.45. The molecule has 2 N–H and O–H groups in total. The summed E-state index contributed by atoms with van der Waals surface area (Å²) in [6.45, 7) is 0. The first-order valence-corrected chi connectivity index (χ1v) is 6.87. The van der Waals surface area contributed by atoms with Crippen molar-refractivity contribution in [1.29, 1.82) is 0 Å². The number of carbonyl (C=O) groups is 1. The van der Waals surface area contributed by atoms with Crippen LogP contribution >= 0.6 is 11.8 Å². The largest absolute Gasteiger partial charge is 0.323 e. The molecule has 0 aliphatic heterocycles. The average molecular weight is 276 g/mol. The summed E-state index contributed by atoms with van der Waals surface area (Å²) in [5.74, 6) is -0.335. The Balaban J connectivity index is 1.95. The first-order chi connectivity index (χ1) is 9.17. The van der Waals surface area contributed by atoms with Crippen LogP contribution in [0.3, 0.4) is 0 Å². The fraction of sp³-hybridized carbons (Fsp3) is 0.0714. The lowest BCUT2D eigenvalue weighted by atomic mass is 10.3. The summed E-state index contributed by atoms with van der Waals surface area (Å²) in [7, 11) is 0. The lowest BCUT2D eigenvalue weighted by Gasteiger charge is -2.08. The molecule has 0 spiro atoms. The van der Waals surface area contributed by atoms with Crippen molar-refractivity contribution in [2.75, 3.05) is 16.9 Å². The first-order valence-electron chi connectivity index (χ1n) is 5.65. The van der Waals surface area contributed by atoms with Gasteiger partial charge >= 0.3 is 6.03 Å². The normalized spacial score (nSPS) is 10.0. The van der Waals surface area contributed by atoms with Crippen LogP contribution in [0.25, 0.3) is 0 Å². The van der Waals surface area contributed by atoms with Gasteiger partial charge in [0.15, 0.2) is 0 Å². The molecule has 0 atom stereocenters. The number of thioether (sulfide) groups is 1. The van der Waals surface area contributed by atoms with Crippen LogP contribution in [0.2, 0.25) is 0 Å². The predicted molar refractivity (Wildman–Crippen MR) is 77.3 cm³/mol. The van der Waals surface area contributed by atoms with E-state index in [0.29, 0.717) is 11.4 Å². The quantitative estimate of drug-likeness (QED) is 0.825.